The fraction of sp³-hybridized carbons (Fsp3) is 0.214. The maximum absolute atomic E-state index is 8.97. The van der Waals surface area contributed by atoms with Gasteiger partial charge in [-0.15, -0.1) is 0 Å². The molecule has 0 radical (unpaired) electrons. The minimum Gasteiger partial charge on any atom is -0.364 e. The molecular weight excluding hydrogens is 212 g/mol. The van der Waals surface area contributed by atoms with Crippen molar-refractivity contribution in [3.63, 3.8) is 0 Å². The lowest BCUT2D eigenvalue weighted by atomic mass is 9.96. The van der Waals surface area contributed by atoms with Crippen molar-refractivity contribution in [2.24, 2.45) is 5.73 Å². The quantitative estimate of drug-likeness (QED) is 0.874. The lowest BCUT2D eigenvalue weighted by molar-refractivity contribution is 0.125. The highest BCUT2D eigenvalue weighted by molar-refractivity contribution is 5.86. The van der Waals surface area contributed by atoms with Gasteiger partial charge < -0.3 is 10.5 Å². The number of rotatable bonds is 3. The maximum atomic E-state index is 8.97. The SMILES string of the molecule is CO[C@H](C#N)[C@H](N)c1cccc2ccccc12. The summed E-state index contributed by atoms with van der Waals surface area (Å²) in [5, 5.41) is 11.2. The van der Waals surface area contributed by atoms with Crippen molar-refractivity contribution in [3.8, 4) is 6.07 Å². The number of ether oxygens (including phenoxy) is 1. The van der Waals surface area contributed by atoms with E-state index in [4.69, 9.17) is 15.7 Å². The fourth-order valence-electron chi connectivity index (χ4n) is 1.98. The molecule has 3 nitrogen and oxygen atoms in total. The first kappa shape index (κ1) is 11.6. The van der Waals surface area contributed by atoms with Crippen LogP contribution in [0.4, 0.5) is 0 Å². The molecule has 0 aliphatic rings. The van der Waals surface area contributed by atoms with E-state index in [1.807, 2.05) is 42.5 Å². The van der Waals surface area contributed by atoms with Crippen LogP contribution in [0.2, 0.25) is 0 Å². The molecule has 0 heterocycles. The van der Waals surface area contributed by atoms with Crippen LogP contribution in [0, 0.1) is 11.3 Å². The predicted molar refractivity (Wildman–Crippen MR) is 67.3 cm³/mol. The van der Waals surface area contributed by atoms with Gasteiger partial charge in [-0.3, -0.25) is 0 Å². The number of hydrogen-bond donors (Lipinski definition) is 1. The molecule has 0 spiro atoms. The summed E-state index contributed by atoms with van der Waals surface area (Å²) in [6.45, 7) is 0. The number of nitriles is 1. The number of hydrogen-bond acceptors (Lipinski definition) is 3. The molecule has 0 fully saturated rings. The van der Waals surface area contributed by atoms with Crippen molar-refractivity contribution in [2.75, 3.05) is 7.11 Å². The molecule has 2 N–H and O–H groups in total. The number of benzene rings is 2. The Bertz CT molecular complexity index is 554. The van der Waals surface area contributed by atoms with E-state index in [0.29, 0.717) is 0 Å². The maximum Gasteiger partial charge on any atom is 0.162 e. The Labute approximate surface area is 100 Å². The summed E-state index contributed by atoms with van der Waals surface area (Å²) in [7, 11) is 1.50. The van der Waals surface area contributed by atoms with E-state index in [-0.39, 0.29) is 0 Å². The molecule has 0 bridgehead atoms. The number of fused-ring (bicyclic) bond motifs is 1. The standard InChI is InChI=1S/C14H14N2O/c1-17-13(9-15)14(16)12-8-4-6-10-5-2-3-7-11(10)12/h2-8,13-14H,16H2,1H3/t13-,14-/m1/s1. The van der Waals surface area contributed by atoms with Crippen LogP contribution in [0.1, 0.15) is 11.6 Å². The molecule has 2 aromatic carbocycles. The van der Waals surface area contributed by atoms with Crippen molar-refractivity contribution in [1.82, 2.24) is 0 Å². The lowest BCUT2D eigenvalue weighted by Gasteiger charge is -2.18. The highest BCUT2D eigenvalue weighted by atomic mass is 16.5. The molecule has 0 aromatic heterocycles. The van der Waals surface area contributed by atoms with Crippen molar-refractivity contribution < 1.29 is 4.74 Å². The highest BCUT2D eigenvalue weighted by Gasteiger charge is 2.19. The second-order valence-corrected chi connectivity index (χ2v) is 3.88. The van der Waals surface area contributed by atoms with Gasteiger partial charge in [0.2, 0.25) is 0 Å². The second kappa shape index (κ2) is 4.96. The van der Waals surface area contributed by atoms with E-state index in [1.165, 1.54) is 7.11 Å². The molecule has 0 unspecified atom stereocenters. The Morgan fingerprint density at radius 3 is 2.59 bits per heavy atom. The third-order valence-corrected chi connectivity index (χ3v) is 2.89. The monoisotopic (exact) mass is 226 g/mol. The van der Waals surface area contributed by atoms with Gasteiger partial charge in [-0.25, -0.2) is 0 Å². The van der Waals surface area contributed by atoms with Crippen LogP contribution in [-0.4, -0.2) is 13.2 Å². The van der Waals surface area contributed by atoms with Crippen molar-refractivity contribution in [1.29, 1.82) is 5.26 Å². The van der Waals surface area contributed by atoms with Crippen LogP contribution in [-0.2, 0) is 4.74 Å². The Morgan fingerprint density at radius 1 is 1.18 bits per heavy atom. The van der Waals surface area contributed by atoms with Crippen molar-refractivity contribution in [3.05, 3.63) is 48.0 Å². The number of nitrogens with two attached hydrogens (primary N) is 1. The van der Waals surface area contributed by atoms with Gasteiger partial charge in [-0.2, -0.15) is 5.26 Å². The first-order chi connectivity index (χ1) is 8.27. The summed E-state index contributed by atoms with van der Waals surface area (Å²) in [5.41, 5.74) is 7.02. The van der Waals surface area contributed by atoms with Gasteiger partial charge >= 0.3 is 0 Å². The van der Waals surface area contributed by atoms with Gasteiger partial charge in [0.25, 0.3) is 0 Å². The third-order valence-electron chi connectivity index (χ3n) is 2.89. The molecule has 2 atom stereocenters. The van der Waals surface area contributed by atoms with Gasteiger partial charge in [0.15, 0.2) is 6.10 Å². The summed E-state index contributed by atoms with van der Waals surface area (Å²) in [6, 6.07) is 15.5. The summed E-state index contributed by atoms with van der Waals surface area (Å²) in [5.74, 6) is 0. The summed E-state index contributed by atoms with van der Waals surface area (Å²) >= 11 is 0. The normalized spacial score (nSPS) is 14.2. The summed E-state index contributed by atoms with van der Waals surface area (Å²) < 4.78 is 5.08. The van der Waals surface area contributed by atoms with Crippen molar-refractivity contribution in [2.45, 2.75) is 12.1 Å². The van der Waals surface area contributed by atoms with Gasteiger partial charge in [-0.1, -0.05) is 42.5 Å². The Kier molecular flexibility index (Phi) is 3.38. The molecule has 86 valence electrons. The first-order valence-electron chi connectivity index (χ1n) is 5.43. The highest BCUT2D eigenvalue weighted by Crippen LogP contribution is 2.25. The largest absolute Gasteiger partial charge is 0.364 e. The average molecular weight is 226 g/mol. The third kappa shape index (κ3) is 2.14. The fourth-order valence-corrected chi connectivity index (χ4v) is 1.98. The van der Waals surface area contributed by atoms with Crippen LogP contribution in [0.25, 0.3) is 10.8 Å². The molecule has 3 heteroatoms. The topological polar surface area (TPSA) is 59.0 Å². The van der Waals surface area contributed by atoms with E-state index in [1.54, 1.807) is 0 Å². The Balaban J connectivity index is 2.52. The van der Waals surface area contributed by atoms with Crippen LogP contribution in [0.15, 0.2) is 42.5 Å². The number of nitrogens with zero attached hydrogens (tertiary/aromatic N) is 1. The van der Waals surface area contributed by atoms with Gasteiger partial charge in [0.05, 0.1) is 12.1 Å². The van der Waals surface area contributed by atoms with E-state index in [9.17, 15) is 0 Å². The second-order valence-electron chi connectivity index (χ2n) is 3.88. The zero-order chi connectivity index (χ0) is 12.3. The lowest BCUT2D eigenvalue weighted by Crippen LogP contribution is -2.26. The molecule has 0 amide bonds. The Hall–Kier alpha value is -1.89. The zero-order valence-electron chi connectivity index (χ0n) is 9.63. The molecular formula is C14H14N2O. The average Bonchev–Trinajstić information content (AvgIpc) is 2.39. The van der Waals surface area contributed by atoms with Gasteiger partial charge in [0, 0.05) is 7.11 Å². The molecule has 17 heavy (non-hydrogen) atoms. The van der Waals surface area contributed by atoms with Crippen LogP contribution < -0.4 is 5.73 Å². The first-order valence-corrected chi connectivity index (χ1v) is 5.43. The molecule has 0 aliphatic carbocycles. The van der Waals surface area contributed by atoms with Crippen LogP contribution in [0.5, 0.6) is 0 Å². The predicted octanol–water partition coefficient (Wildman–Crippen LogP) is 2.38. The minimum atomic E-state index is -0.624. The Morgan fingerprint density at radius 2 is 1.88 bits per heavy atom. The molecule has 0 saturated heterocycles. The molecule has 2 aromatic rings. The zero-order valence-corrected chi connectivity index (χ0v) is 9.63. The van der Waals surface area contributed by atoms with Gasteiger partial charge in [0.1, 0.15) is 0 Å². The van der Waals surface area contributed by atoms with E-state index in [2.05, 4.69) is 6.07 Å². The molecule has 0 aliphatic heterocycles. The van der Waals surface area contributed by atoms with Crippen molar-refractivity contribution >= 4 is 10.8 Å². The van der Waals surface area contributed by atoms with Gasteiger partial charge in [-0.05, 0) is 16.3 Å². The summed E-state index contributed by atoms with van der Waals surface area (Å²) in [6.07, 6.45) is -0.624. The molecule has 0 saturated carbocycles. The van der Waals surface area contributed by atoms with Crippen LogP contribution in [0.3, 0.4) is 0 Å². The molecule has 2 rings (SSSR count). The smallest absolute Gasteiger partial charge is 0.162 e. The minimum absolute atomic E-state index is 0.434. The summed E-state index contributed by atoms with van der Waals surface area (Å²) in [4.78, 5) is 0. The van der Waals surface area contributed by atoms with E-state index >= 15 is 0 Å². The van der Waals surface area contributed by atoms with E-state index in [0.717, 1.165) is 16.3 Å². The van der Waals surface area contributed by atoms with E-state index < -0.39 is 12.1 Å². The number of methoxy groups -OCH3 is 1. The van der Waals surface area contributed by atoms with Crippen LogP contribution >= 0.6 is 0 Å².